The van der Waals surface area contributed by atoms with E-state index >= 15 is 0 Å². The molecule has 1 heterocycles. The van der Waals surface area contributed by atoms with Crippen LogP contribution >= 0.6 is 0 Å². The Morgan fingerprint density at radius 1 is 1.12 bits per heavy atom. The molecule has 2 heteroatoms. The Morgan fingerprint density at radius 2 is 1.88 bits per heavy atom. The lowest BCUT2D eigenvalue weighted by Crippen LogP contribution is -2.35. The first-order valence-electron chi connectivity index (χ1n) is 5.64. The molecule has 16 heavy (non-hydrogen) atoms. The number of benzene rings is 1. The minimum Gasteiger partial charge on any atom is -0.306 e. The second-order valence-corrected chi connectivity index (χ2v) is 5.08. The van der Waals surface area contributed by atoms with Crippen LogP contribution in [-0.4, -0.2) is 10.5 Å². The van der Waals surface area contributed by atoms with Crippen LogP contribution < -0.4 is 5.32 Å². The summed E-state index contributed by atoms with van der Waals surface area (Å²) in [6.45, 7) is 7.30. The summed E-state index contributed by atoms with van der Waals surface area (Å²) in [5.41, 5.74) is 1.24. The van der Waals surface area contributed by atoms with Crippen molar-refractivity contribution < 1.29 is 0 Å². The van der Waals surface area contributed by atoms with Gasteiger partial charge in [-0.15, -0.1) is 0 Å². The van der Waals surface area contributed by atoms with Crippen molar-refractivity contribution in [3.8, 4) is 0 Å². The van der Waals surface area contributed by atoms with Gasteiger partial charge >= 0.3 is 0 Å². The number of nitrogens with one attached hydrogen (secondary N) is 1. The van der Waals surface area contributed by atoms with E-state index in [-0.39, 0.29) is 5.54 Å². The zero-order valence-corrected chi connectivity index (χ0v) is 10.1. The average Bonchev–Trinajstić information content (AvgIpc) is 2.25. The Morgan fingerprint density at radius 3 is 2.62 bits per heavy atom. The van der Waals surface area contributed by atoms with Crippen LogP contribution in [0.25, 0.3) is 10.8 Å². The normalized spacial score (nSPS) is 11.9. The van der Waals surface area contributed by atoms with Gasteiger partial charge in [-0.2, -0.15) is 0 Å². The van der Waals surface area contributed by atoms with Crippen molar-refractivity contribution in [2.24, 2.45) is 0 Å². The summed E-state index contributed by atoms with van der Waals surface area (Å²) in [6, 6.07) is 10.4. The lowest BCUT2D eigenvalue weighted by molar-refractivity contribution is 0.422. The summed E-state index contributed by atoms with van der Waals surface area (Å²) in [6.07, 6.45) is 1.88. The minimum absolute atomic E-state index is 0.124. The maximum absolute atomic E-state index is 4.45. The van der Waals surface area contributed by atoms with Crippen LogP contribution in [0.2, 0.25) is 0 Å². The molecule has 0 amide bonds. The molecule has 0 bridgehead atoms. The van der Waals surface area contributed by atoms with E-state index in [2.05, 4.69) is 61.4 Å². The lowest BCUT2D eigenvalue weighted by atomic mass is 10.1. The zero-order chi connectivity index (χ0) is 11.6. The van der Waals surface area contributed by atoms with Crippen LogP contribution in [0.1, 0.15) is 26.5 Å². The highest BCUT2D eigenvalue weighted by Gasteiger charge is 2.10. The Labute approximate surface area is 96.7 Å². The van der Waals surface area contributed by atoms with Gasteiger partial charge in [-0.1, -0.05) is 24.3 Å². The molecule has 0 radical (unpaired) electrons. The van der Waals surface area contributed by atoms with Gasteiger partial charge in [0.05, 0.1) is 5.69 Å². The van der Waals surface area contributed by atoms with Gasteiger partial charge in [0.15, 0.2) is 0 Å². The molecule has 0 aliphatic rings. The van der Waals surface area contributed by atoms with Crippen molar-refractivity contribution in [2.45, 2.75) is 32.9 Å². The smallest absolute Gasteiger partial charge is 0.0619 e. The molecule has 1 aromatic heterocycles. The van der Waals surface area contributed by atoms with E-state index in [1.54, 1.807) is 0 Å². The van der Waals surface area contributed by atoms with Crippen LogP contribution in [0.15, 0.2) is 36.5 Å². The molecule has 0 aliphatic heterocycles. The van der Waals surface area contributed by atoms with Crippen molar-refractivity contribution in [1.29, 1.82) is 0 Å². The molecule has 2 rings (SSSR count). The highest BCUT2D eigenvalue weighted by atomic mass is 15.0. The summed E-state index contributed by atoms with van der Waals surface area (Å²) in [7, 11) is 0. The standard InChI is InChI=1S/C14H18N2/c1-14(2,3)16-10-13-12-7-5-4-6-11(12)8-9-15-13/h4-9,16H,10H2,1-3H3. The fourth-order valence-corrected chi connectivity index (χ4v) is 1.67. The third-order valence-electron chi connectivity index (χ3n) is 2.54. The summed E-state index contributed by atoms with van der Waals surface area (Å²) in [5, 5.41) is 5.96. The third kappa shape index (κ3) is 2.58. The predicted molar refractivity (Wildman–Crippen MR) is 68.3 cm³/mol. The fourth-order valence-electron chi connectivity index (χ4n) is 1.67. The van der Waals surface area contributed by atoms with Crippen molar-refractivity contribution >= 4 is 10.8 Å². The largest absolute Gasteiger partial charge is 0.306 e. The number of hydrogen-bond acceptors (Lipinski definition) is 2. The molecule has 0 saturated carbocycles. The van der Waals surface area contributed by atoms with Crippen molar-refractivity contribution in [1.82, 2.24) is 10.3 Å². The maximum atomic E-state index is 4.45. The van der Waals surface area contributed by atoms with E-state index in [4.69, 9.17) is 0 Å². The Bertz CT molecular complexity index is 478. The van der Waals surface area contributed by atoms with Crippen molar-refractivity contribution in [2.75, 3.05) is 0 Å². The van der Waals surface area contributed by atoms with Gasteiger partial charge in [-0.3, -0.25) is 4.98 Å². The topological polar surface area (TPSA) is 24.9 Å². The van der Waals surface area contributed by atoms with E-state index in [0.717, 1.165) is 12.2 Å². The van der Waals surface area contributed by atoms with Gasteiger partial charge in [0, 0.05) is 23.7 Å². The zero-order valence-electron chi connectivity index (χ0n) is 10.1. The maximum Gasteiger partial charge on any atom is 0.0619 e. The molecule has 0 atom stereocenters. The number of pyridine rings is 1. The predicted octanol–water partition coefficient (Wildman–Crippen LogP) is 3.12. The number of hydrogen-bond donors (Lipinski definition) is 1. The van der Waals surface area contributed by atoms with Gasteiger partial charge in [0.2, 0.25) is 0 Å². The van der Waals surface area contributed by atoms with Crippen LogP contribution in [-0.2, 0) is 6.54 Å². The molecular weight excluding hydrogens is 196 g/mol. The molecule has 84 valence electrons. The van der Waals surface area contributed by atoms with E-state index in [9.17, 15) is 0 Å². The van der Waals surface area contributed by atoms with Gasteiger partial charge < -0.3 is 5.32 Å². The molecule has 2 nitrogen and oxygen atoms in total. The molecule has 1 aromatic carbocycles. The molecule has 2 aromatic rings. The Kier molecular flexibility index (Phi) is 2.92. The quantitative estimate of drug-likeness (QED) is 0.830. The van der Waals surface area contributed by atoms with Gasteiger partial charge in [0.1, 0.15) is 0 Å². The van der Waals surface area contributed by atoms with Crippen LogP contribution in [0.5, 0.6) is 0 Å². The first kappa shape index (κ1) is 11.1. The molecule has 0 aliphatic carbocycles. The van der Waals surface area contributed by atoms with E-state index in [1.807, 2.05) is 6.20 Å². The molecular formula is C14H18N2. The lowest BCUT2D eigenvalue weighted by Gasteiger charge is -2.20. The van der Waals surface area contributed by atoms with E-state index < -0.39 is 0 Å². The third-order valence-corrected chi connectivity index (χ3v) is 2.54. The Balaban J connectivity index is 2.30. The molecule has 0 saturated heterocycles. The van der Waals surface area contributed by atoms with E-state index in [0.29, 0.717) is 0 Å². The van der Waals surface area contributed by atoms with Gasteiger partial charge in [-0.05, 0) is 32.2 Å². The number of rotatable bonds is 2. The molecule has 1 N–H and O–H groups in total. The number of aromatic nitrogens is 1. The highest BCUT2D eigenvalue weighted by Crippen LogP contribution is 2.16. The molecule has 0 spiro atoms. The SMILES string of the molecule is CC(C)(C)NCc1nccc2ccccc12. The highest BCUT2D eigenvalue weighted by molar-refractivity contribution is 5.84. The summed E-state index contributed by atoms with van der Waals surface area (Å²) in [4.78, 5) is 4.45. The monoisotopic (exact) mass is 214 g/mol. The van der Waals surface area contributed by atoms with Crippen LogP contribution in [0.4, 0.5) is 0 Å². The summed E-state index contributed by atoms with van der Waals surface area (Å²) >= 11 is 0. The van der Waals surface area contributed by atoms with Gasteiger partial charge in [-0.25, -0.2) is 0 Å². The second kappa shape index (κ2) is 4.22. The number of nitrogens with zero attached hydrogens (tertiary/aromatic N) is 1. The van der Waals surface area contributed by atoms with Crippen LogP contribution in [0, 0.1) is 0 Å². The van der Waals surface area contributed by atoms with Crippen molar-refractivity contribution in [3.05, 3.63) is 42.2 Å². The fraction of sp³-hybridized carbons (Fsp3) is 0.357. The second-order valence-electron chi connectivity index (χ2n) is 5.08. The summed E-state index contributed by atoms with van der Waals surface area (Å²) < 4.78 is 0. The minimum atomic E-state index is 0.124. The Hall–Kier alpha value is -1.41. The van der Waals surface area contributed by atoms with Crippen molar-refractivity contribution in [3.63, 3.8) is 0 Å². The first-order valence-corrected chi connectivity index (χ1v) is 5.64. The molecule has 0 fully saturated rings. The number of fused-ring (bicyclic) bond motifs is 1. The summed E-state index contributed by atoms with van der Waals surface area (Å²) in [5.74, 6) is 0. The first-order chi connectivity index (χ1) is 7.56. The molecule has 0 unspecified atom stereocenters. The average molecular weight is 214 g/mol. The van der Waals surface area contributed by atoms with Crippen LogP contribution in [0.3, 0.4) is 0 Å². The van der Waals surface area contributed by atoms with Gasteiger partial charge in [0.25, 0.3) is 0 Å². The van der Waals surface area contributed by atoms with E-state index in [1.165, 1.54) is 10.8 Å².